The first-order valence-corrected chi connectivity index (χ1v) is 5.69. The van der Waals surface area contributed by atoms with Gasteiger partial charge in [0.2, 0.25) is 5.95 Å². The molecule has 1 atom stereocenters. The predicted molar refractivity (Wildman–Crippen MR) is 64.1 cm³/mol. The van der Waals surface area contributed by atoms with Crippen molar-refractivity contribution in [1.82, 2.24) is 20.1 Å². The summed E-state index contributed by atoms with van der Waals surface area (Å²) < 4.78 is 1.38. The van der Waals surface area contributed by atoms with Crippen molar-refractivity contribution in [1.29, 1.82) is 0 Å². The molecule has 0 aromatic carbocycles. The fourth-order valence-corrected chi connectivity index (χ4v) is 1.37. The van der Waals surface area contributed by atoms with Gasteiger partial charge in [0.25, 0.3) is 0 Å². The van der Waals surface area contributed by atoms with E-state index in [1.54, 1.807) is 7.05 Å². The van der Waals surface area contributed by atoms with Gasteiger partial charge >= 0.3 is 12.0 Å². The number of nitrogens with one attached hydrogen (secondary N) is 2. The molecule has 1 rings (SSSR count). The van der Waals surface area contributed by atoms with E-state index in [1.807, 2.05) is 6.92 Å². The molecule has 0 bridgehead atoms. The minimum absolute atomic E-state index is 0.257. The molecule has 0 aliphatic carbocycles. The summed E-state index contributed by atoms with van der Waals surface area (Å²) >= 11 is 0. The maximum Gasteiger partial charge on any atom is 0.326 e. The van der Waals surface area contributed by atoms with Crippen LogP contribution < -0.4 is 10.6 Å². The highest BCUT2D eigenvalue weighted by Gasteiger charge is 2.19. The van der Waals surface area contributed by atoms with E-state index in [2.05, 4.69) is 20.7 Å². The Morgan fingerprint density at radius 2 is 2.28 bits per heavy atom. The zero-order chi connectivity index (χ0) is 13.5. The van der Waals surface area contributed by atoms with Crippen LogP contribution in [0.15, 0.2) is 6.33 Å². The third-order valence-corrected chi connectivity index (χ3v) is 2.39. The highest BCUT2D eigenvalue weighted by Crippen LogP contribution is 2.02. The summed E-state index contributed by atoms with van der Waals surface area (Å²) in [5.74, 6) is -0.788. The van der Waals surface area contributed by atoms with E-state index >= 15 is 0 Å². The van der Waals surface area contributed by atoms with Crippen molar-refractivity contribution in [3.05, 3.63) is 6.33 Å². The van der Waals surface area contributed by atoms with Crippen molar-refractivity contribution in [3.8, 4) is 0 Å². The van der Waals surface area contributed by atoms with Crippen LogP contribution in [0.4, 0.5) is 10.7 Å². The number of unbranched alkanes of at least 4 members (excludes halogenated alkanes) is 1. The largest absolute Gasteiger partial charge is 0.480 e. The second-order valence-corrected chi connectivity index (χ2v) is 3.84. The smallest absolute Gasteiger partial charge is 0.326 e. The van der Waals surface area contributed by atoms with Gasteiger partial charge in [0.1, 0.15) is 12.4 Å². The third-order valence-electron chi connectivity index (χ3n) is 2.39. The van der Waals surface area contributed by atoms with Gasteiger partial charge < -0.3 is 10.4 Å². The van der Waals surface area contributed by atoms with Crippen LogP contribution in [0.1, 0.15) is 26.2 Å². The van der Waals surface area contributed by atoms with E-state index < -0.39 is 18.0 Å². The van der Waals surface area contributed by atoms with Crippen LogP contribution in [-0.4, -0.2) is 37.9 Å². The molecule has 1 aromatic rings. The molecule has 1 aromatic heterocycles. The summed E-state index contributed by atoms with van der Waals surface area (Å²) in [4.78, 5) is 26.3. The maximum absolute atomic E-state index is 11.6. The Morgan fingerprint density at radius 3 is 2.78 bits per heavy atom. The summed E-state index contributed by atoms with van der Waals surface area (Å²) in [6, 6.07) is -1.49. The van der Waals surface area contributed by atoms with Crippen LogP contribution in [0.5, 0.6) is 0 Å². The number of hydrogen-bond acceptors (Lipinski definition) is 4. The van der Waals surface area contributed by atoms with Crippen LogP contribution in [0, 0.1) is 0 Å². The Hall–Kier alpha value is -2.12. The number of aromatic nitrogens is 3. The summed E-state index contributed by atoms with van der Waals surface area (Å²) in [5.41, 5.74) is 0. The molecule has 0 radical (unpaired) electrons. The number of nitrogens with zero attached hydrogens (tertiary/aromatic N) is 3. The number of urea groups is 1. The van der Waals surface area contributed by atoms with E-state index in [0.717, 1.165) is 12.8 Å². The highest BCUT2D eigenvalue weighted by atomic mass is 16.4. The first-order chi connectivity index (χ1) is 8.54. The van der Waals surface area contributed by atoms with Crippen molar-refractivity contribution >= 4 is 17.9 Å². The Morgan fingerprint density at radius 1 is 1.56 bits per heavy atom. The Balaban J connectivity index is 2.51. The number of carbonyl (C=O) groups is 2. The Kier molecular flexibility index (Phi) is 5.09. The van der Waals surface area contributed by atoms with E-state index in [4.69, 9.17) is 5.11 Å². The van der Waals surface area contributed by atoms with Crippen molar-refractivity contribution in [2.24, 2.45) is 7.05 Å². The molecule has 0 fully saturated rings. The van der Waals surface area contributed by atoms with Crippen LogP contribution in [0.3, 0.4) is 0 Å². The summed E-state index contributed by atoms with van der Waals surface area (Å²) in [6.07, 6.45) is 3.30. The van der Waals surface area contributed by atoms with Crippen molar-refractivity contribution in [3.63, 3.8) is 0 Å². The van der Waals surface area contributed by atoms with Gasteiger partial charge in [-0.2, -0.15) is 10.1 Å². The first kappa shape index (κ1) is 13.9. The maximum atomic E-state index is 11.6. The molecule has 8 nitrogen and oxygen atoms in total. The number of amides is 2. The molecule has 3 N–H and O–H groups in total. The molecule has 0 spiro atoms. The molecule has 0 aliphatic rings. The summed E-state index contributed by atoms with van der Waals surface area (Å²) in [5, 5.41) is 17.5. The van der Waals surface area contributed by atoms with Gasteiger partial charge in [0, 0.05) is 7.05 Å². The second-order valence-electron chi connectivity index (χ2n) is 3.84. The molecule has 2 amide bonds. The number of rotatable bonds is 6. The van der Waals surface area contributed by atoms with Gasteiger partial charge in [-0.05, 0) is 6.42 Å². The van der Waals surface area contributed by atoms with E-state index in [-0.39, 0.29) is 5.95 Å². The number of hydrogen-bond donors (Lipinski definition) is 3. The fraction of sp³-hybridized carbons (Fsp3) is 0.600. The van der Waals surface area contributed by atoms with Gasteiger partial charge in [0.15, 0.2) is 0 Å². The number of anilines is 1. The van der Waals surface area contributed by atoms with Gasteiger partial charge in [-0.15, -0.1) is 0 Å². The van der Waals surface area contributed by atoms with E-state index in [0.29, 0.717) is 6.42 Å². The van der Waals surface area contributed by atoms with Gasteiger partial charge in [-0.1, -0.05) is 19.8 Å². The zero-order valence-electron chi connectivity index (χ0n) is 10.4. The lowest BCUT2D eigenvalue weighted by atomic mass is 10.1. The van der Waals surface area contributed by atoms with Crippen LogP contribution in [-0.2, 0) is 11.8 Å². The standard InChI is InChI=1S/C10H17N5O3/c1-3-4-5-7(8(16)17)13-10(18)14-9-11-6-12-15(9)2/h6-7H,3-5H2,1-2H3,(H,16,17)(H2,11,12,13,14,18)/t7-/m0/s1. The second kappa shape index (κ2) is 6.58. The monoisotopic (exact) mass is 255 g/mol. The number of carboxylic acid groups (broad SMARTS) is 1. The average Bonchev–Trinajstić information content (AvgIpc) is 2.70. The molecule has 0 unspecified atom stereocenters. The number of carboxylic acids is 1. The van der Waals surface area contributed by atoms with Crippen molar-refractivity contribution < 1.29 is 14.7 Å². The normalized spacial score (nSPS) is 11.9. The number of carbonyl (C=O) groups excluding carboxylic acids is 1. The molecular weight excluding hydrogens is 238 g/mol. The minimum Gasteiger partial charge on any atom is -0.480 e. The van der Waals surface area contributed by atoms with Gasteiger partial charge in [0.05, 0.1) is 0 Å². The molecular formula is C10H17N5O3. The molecule has 1 heterocycles. The van der Waals surface area contributed by atoms with Crippen molar-refractivity contribution in [2.75, 3.05) is 5.32 Å². The lowest BCUT2D eigenvalue weighted by Crippen LogP contribution is -2.43. The SMILES string of the molecule is CCCC[C@H](NC(=O)Nc1ncnn1C)C(=O)O. The summed E-state index contributed by atoms with van der Waals surface area (Å²) in [6.45, 7) is 1.96. The van der Waals surface area contributed by atoms with Crippen LogP contribution in [0.25, 0.3) is 0 Å². The average molecular weight is 255 g/mol. The van der Waals surface area contributed by atoms with Crippen LogP contribution in [0.2, 0.25) is 0 Å². The summed E-state index contributed by atoms with van der Waals surface area (Å²) in [7, 11) is 1.62. The van der Waals surface area contributed by atoms with E-state index in [1.165, 1.54) is 11.0 Å². The molecule has 0 saturated heterocycles. The molecule has 0 saturated carbocycles. The lowest BCUT2D eigenvalue weighted by molar-refractivity contribution is -0.139. The van der Waals surface area contributed by atoms with Gasteiger partial charge in [-0.25, -0.2) is 14.3 Å². The minimum atomic E-state index is -1.04. The molecule has 18 heavy (non-hydrogen) atoms. The predicted octanol–water partition coefficient (Wildman–Crippen LogP) is 0.580. The van der Waals surface area contributed by atoms with Gasteiger partial charge in [-0.3, -0.25) is 5.32 Å². The lowest BCUT2D eigenvalue weighted by Gasteiger charge is -2.14. The van der Waals surface area contributed by atoms with Crippen LogP contribution >= 0.6 is 0 Å². The first-order valence-electron chi connectivity index (χ1n) is 5.69. The third kappa shape index (κ3) is 4.04. The molecule has 0 aliphatic heterocycles. The zero-order valence-corrected chi connectivity index (χ0v) is 10.4. The van der Waals surface area contributed by atoms with Crippen molar-refractivity contribution in [2.45, 2.75) is 32.2 Å². The Bertz CT molecular complexity index is 417. The topological polar surface area (TPSA) is 109 Å². The number of aryl methyl sites for hydroxylation is 1. The van der Waals surface area contributed by atoms with E-state index in [9.17, 15) is 9.59 Å². The quantitative estimate of drug-likeness (QED) is 0.688. The fourth-order valence-electron chi connectivity index (χ4n) is 1.37. The molecule has 100 valence electrons. The highest BCUT2D eigenvalue weighted by molar-refractivity contribution is 5.90. The molecule has 8 heteroatoms. The Labute approximate surface area is 104 Å². The number of aliphatic carboxylic acids is 1.